The van der Waals surface area contributed by atoms with E-state index in [1.165, 1.54) is 12.1 Å². The van der Waals surface area contributed by atoms with Crippen molar-refractivity contribution in [3.05, 3.63) is 35.9 Å². The van der Waals surface area contributed by atoms with Crippen molar-refractivity contribution in [2.45, 2.75) is 0 Å². The van der Waals surface area contributed by atoms with Gasteiger partial charge in [-0.15, -0.1) is 21.4 Å². The lowest BCUT2D eigenvalue weighted by atomic mass is 10.1. The Bertz CT molecular complexity index is 266. The largest absolute Gasteiger partial charge is 0.293 e. The molecule has 0 N–H and O–H groups in total. The summed E-state index contributed by atoms with van der Waals surface area (Å²) in [5, 5.41) is -1.13. The Balaban J connectivity index is 0.00000144. The van der Waals surface area contributed by atoms with Crippen LogP contribution < -0.4 is 0 Å². The molecule has 0 fully saturated rings. The molecule has 0 unspecified atom stereocenters. The van der Waals surface area contributed by atoms with E-state index in [2.05, 4.69) is 0 Å². The van der Waals surface area contributed by atoms with E-state index in [9.17, 15) is 13.8 Å². The van der Waals surface area contributed by atoms with Crippen molar-refractivity contribution in [2.75, 3.05) is 6.54 Å². The summed E-state index contributed by atoms with van der Waals surface area (Å²) in [5.41, 5.74) is 0.304. The Labute approximate surface area is 80.4 Å². The SMILES string of the molecule is Cl.O=C(CN(F)F)c1ccccc1. The first kappa shape index (κ1) is 12.0. The van der Waals surface area contributed by atoms with Crippen molar-refractivity contribution in [2.24, 2.45) is 0 Å². The van der Waals surface area contributed by atoms with Gasteiger partial charge in [0.05, 0.1) is 0 Å². The van der Waals surface area contributed by atoms with Gasteiger partial charge >= 0.3 is 0 Å². The number of rotatable bonds is 3. The second-order valence-electron chi connectivity index (χ2n) is 2.25. The molecule has 0 aliphatic carbocycles. The van der Waals surface area contributed by atoms with E-state index in [4.69, 9.17) is 0 Å². The molecule has 13 heavy (non-hydrogen) atoms. The van der Waals surface area contributed by atoms with Crippen LogP contribution in [0.15, 0.2) is 30.3 Å². The Morgan fingerprint density at radius 1 is 1.23 bits per heavy atom. The van der Waals surface area contributed by atoms with Crippen LogP contribution in [0.3, 0.4) is 0 Å². The van der Waals surface area contributed by atoms with Gasteiger partial charge in [-0.2, -0.15) is 0 Å². The molecule has 0 bridgehead atoms. The Hall–Kier alpha value is -1.00. The van der Waals surface area contributed by atoms with Crippen LogP contribution in [0.4, 0.5) is 8.96 Å². The molecule has 1 aromatic carbocycles. The fourth-order valence-electron chi connectivity index (χ4n) is 0.824. The van der Waals surface area contributed by atoms with Crippen LogP contribution in [-0.4, -0.2) is 17.7 Å². The zero-order valence-electron chi connectivity index (χ0n) is 6.61. The van der Waals surface area contributed by atoms with Crippen molar-refractivity contribution < 1.29 is 13.8 Å². The molecular formula is C8H8ClF2NO. The fraction of sp³-hybridized carbons (Fsp3) is 0.125. The van der Waals surface area contributed by atoms with E-state index in [1.54, 1.807) is 18.2 Å². The summed E-state index contributed by atoms with van der Waals surface area (Å²) in [6, 6.07) is 8.00. The number of carbonyl (C=O) groups is 1. The molecule has 0 aliphatic heterocycles. The minimum absolute atomic E-state index is 0. The van der Waals surface area contributed by atoms with Gasteiger partial charge < -0.3 is 0 Å². The Morgan fingerprint density at radius 2 is 1.77 bits per heavy atom. The van der Waals surface area contributed by atoms with E-state index in [1.807, 2.05) is 0 Å². The summed E-state index contributed by atoms with van der Waals surface area (Å²) < 4.78 is 23.2. The first-order valence-corrected chi connectivity index (χ1v) is 3.37. The van der Waals surface area contributed by atoms with Crippen molar-refractivity contribution in [3.8, 4) is 0 Å². The highest BCUT2D eigenvalue weighted by molar-refractivity contribution is 5.97. The van der Waals surface area contributed by atoms with Gasteiger partial charge in [0.1, 0.15) is 6.54 Å². The molecule has 72 valence electrons. The maximum absolute atomic E-state index is 11.6. The first-order chi connectivity index (χ1) is 5.70. The van der Waals surface area contributed by atoms with Crippen LogP contribution in [0, 0.1) is 0 Å². The molecule has 0 saturated carbocycles. The highest BCUT2D eigenvalue weighted by Gasteiger charge is 2.09. The van der Waals surface area contributed by atoms with E-state index in [0.29, 0.717) is 5.56 Å². The minimum atomic E-state index is -1.13. The zero-order chi connectivity index (χ0) is 8.97. The molecule has 0 aromatic heterocycles. The molecule has 0 spiro atoms. The maximum Gasteiger partial charge on any atom is 0.182 e. The van der Waals surface area contributed by atoms with Crippen LogP contribution >= 0.6 is 12.4 Å². The third kappa shape index (κ3) is 3.96. The van der Waals surface area contributed by atoms with E-state index in [-0.39, 0.29) is 12.4 Å². The lowest BCUT2D eigenvalue weighted by Crippen LogP contribution is -2.14. The van der Waals surface area contributed by atoms with Crippen molar-refractivity contribution in [1.82, 2.24) is 5.34 Å². The summed E-state index contributed by atoms with van der Waals surface area (Å²) in [5.74, 6) is -0.583. The highest BCUT2D eigenvalue weighted by Crippen LogP contribution is 2.01. The summed E-state index contributed by atoms with van der Waals surface area (Å²) in [7, 11) is 0. The first-order valence-electron chi connectivity index (χ1n) is 3.37. The maximum atomic E-state index is 11.6. The number of carbonyl (C=O) groups excluding carboxylic acids is 1. The van der Waals surface area contributed by atoms with Gasteiger partial charge in [0.2, 0.25) is 0 Å². The molecule has 0 saturated heterocycles. The van der Waals surface area contributed by atoms with Gasteiger partial charge in [0, 0.05) is 10.9 Å². The lowest BCUT2D eigenvalue weighted by Gasteiger charge is -1.99. The van der Waals surface area contributed by atoms with E-state index >= 15 is 0 Å². The summed E-state index contributed by atoms with van der Waals surface area (Å²) in [6.07, 6.45) is 0. The van der Waals surface area contributed by atoms with Crippen LogP contribution in [0.1, 0.15) is 10.4 Å². The molecule has 0 radical (unpaired) electrons. The molecule has 0 heterocycles. The Kier molecular flexibility index (Phi) is 5.18. The third-order valence-electron chi connectivity index (χ3n) is 1.36. The molecule has 0 atom stereocenters. The third-order valence-corrected chi connectivity index (χ3v) is 1.36. The summed E-state index contributed by atoms with van der Waals surface area (Å²) >= 11 is 0. The number of hydrogen-bond donors (Lipinski definition) is 0. The second-order valence-corrected chi connectivity index (χ2v) is 2.25. The van der Waals surface area contributed by atoms with Gasteiger partial charge in [-0.25, -0.2) is 0 Å². The molecule has 1 aromatic rings. The number of halogens is 3. The molecule has 1 rings (SSSR count). The fourth-order valence-corrected chi connectivity index (χ4v) is 0.824. The number of benzene rings is 1. The van der Waals surface area contributed by atoms with Crippen LogP contribution in [-0.2, 0) is 0 Å². The van der Waals surface area contributed by atoms with Crippen molar-refractivity contribution >= 4 is 18.2 Å². The van der Waals surface area contributed by atoms with Gasteiger partial charge in [-0.05, 0) is 0 Å². The molecule has 0 amide bonds. The molecule has 2 nitrogen and oxygen atoms in total. The second kappa shape index (κ2) is 5.61. The number of ketones is 1. The summed E-state index contributed by atoms with van der Waals surface area (Å²) in [6.45, 7) is -0.857. The molecule has 5 heteroatoms. The summed E-state index contributed by atoms with van der Waals surface area (Å²) in [4.78, 5) is 10.9. The normalized spacial score (nSPS) is 9.46. The van der Waals surface area contributed by atoms with E-state index in [0.717, 1.165) is 0 Å². The van der Waals surface area contributed by atoms with Crippen LogP contribution in [0.25, 0.3) is 0 Å². The number of Topliss-reactive ketones (excluding diaryl/α,β-unsaturated/α-hetero) is 1. The average Bonchev–Trinajstić information content (AvgIpc) is 2.05. The lowest BCUT2D eigenvalue weighted by molar-refractivity contribution is -0.142. The standard InChI is InChI=1S/C8H7F2NO.ClH/c9-11(10)6-8(12)7-4-2-1-3-5-7;/h1-5H,6H2;1H. The highest BCUT2D eigenvalue weighted by atomic mass is 35.5. The van der Waals surface area contributed by atoms with Gasteiger partial charge in [-0.1, -0.05) is 30.3 Å². The van der Waals surface area contributed by atoms with Gasteiger partial charge in [-0.3, -0.25) is 4.79 Å². The van der Waals surface area contributed by atoms with Crippen LogP contribution in [0.2, 0.25) is 0 Å². The Morgan fingerprint density at radius 3 is 2.23 bits per heavy atom. The predicted molar refractivity (Wildman–Crippen MR) is 46.9 cm³/mol. The van der Waals surface area contributed by atoms with Crippen molar-refractivity contribution in [3.63, 3.8) is 0 Å². The predicted octanol–water partition coefficient (Wildman–Crippen LogP) is 2.36. The number of nitrogens with zero attached hydrogens (tertiary/aromatic N) is 1. The molecule has 0 aliphatic rings. The smallest absolute Gasteiger partial charge is 0.182 e. The van der Waals surface area contributed by atoms with Gasteiger partial charge in [0.15, 0.2) is 5.78 Å². The van der Waals surface area contributed by atoms with Gasteiger partial charge in [0.25, 0.3) is 0 Å². The van der Waals surface area contributed by atoms with Crippen LogP contribution in [0.5, 0.6) is 0 Å². The quantitative estimate of drug-likeness (QED) is 0.560. The topological polar surface area (TPSA) is 20.3 Å². The van der Waals surface area contributed by atoms with Crippen molar-refractivity contribution in [1.29, 1.82) is 0 Å². The monoisotopic (exact) mass is 207 g/mol. The minimum Gasteiger partial charge on any atom is -0.293 e. The van der Waals surface area contributed by atoms with E-state index < -0.39 is 17.7 Å². The molecular weight excluding hydrogens is 200 g/mol. The zero-order valence-corrected chi connectivity index (χ0v) is 7.43. The number of hydrogen-bond acceptors (Lipinski definition) is 2. The average molecular weight is 208 g/mol.